The molecule has 1 fully saturated rings. The molecule has 0 spiro atoms. The van der Waals surface area contributed by atoms with Gasteiger partial charge in [0.15, 0.2) is 5.78 Å². The van der Waals surface area contributed by atoms with E-state index in [0.717, 1.165) is 26.7 Å². The van der Waals surface area contributed by atoms with Crippen LogP contribution < -0.4 is 0 Å². The zero-order valence-corrected chi connectivity index (χ0v) is 10.1. The number of thiophene rings is 1. The zero-order valence-electron chi connectivity index (χ0n) is 6.14. The van der Waals surface area contributed by atoms with Crippen molar-refractivity contribution in [3.05, 3.63) is 19.2 Å². The molecule has 1 aromatic rings. The van der Waals surface area contributed by atoms with Crippen LogP contribution >= 0.6 is 43.2 Å². The minimum Gasteiger partial charge on any atom is -0.293 e. The first-order chi connectivity index (χ1) is 5.70. The SMILES string of the molecule is O=C(c1scc(Br)c1Br)C1CC1. The highest BCUT2D eigenvalue weighted by Crippen LogP contribution is 2.39. The van der Waals surface area contributed by atoms with E-state index in [2.05, 4.69) is 31.9 Å². The number of Topliss-reactive ketones (excluding diaryl/α,β-unsaturated/α-hetero) is 1. The molecule has 0 aliphatic heterocycles. The molecule has 1 aromatic heterocycles. The summed E-state index contributed by atoms with van der Waals surface area (Å²) >= 11 is 8.26. The van der Waals surface area contributed by atoms with Gasteiger partial charge in [0.25, 0.3) is 0 Å². The fourth-order valence-electron chi connectivity index (χ4n) is 1.02. The number of halogens is 2. The van der Waals surface area contributed by atoms with Crippen LogP contribution in [-0.2, 0) is 0 Å². The number of carbonyl (C=O) groups is 1. The van der Waals surface area contributed by atoms with Crippen molar-refractivity contribution in [3.8, 4) is 0 Å². The lowest BCUT2D eigenvalue weighted by molar-refractivity contribution is 0.0971. The van der Waals surface area contributed by atoms with Crippen LogP contribution in [0, 0.1) is 5.92 Å². The van der Waals surface area contributed by atoms with E-state index in [0.29, 0.717) is 11.7 Å². The molecule has 4 heteroatoms. The fraction of sp³-hybridized carbons (Fsp3) is 0.375. The standard InChI is InChI=1S/C8H6Br2OS/c9-5-3-12-8(6(5)10)7(11)4-1-2-4/h3-4H,1-2H2. The highest BCUT2D eigenvalue weighted by molar-refractivity contribution is 9.13. The van der Waals surface area contributed by atoms with Gasteiger partial charge in [0.05, 0.1) is 9.35 Å². The van der Waals surface area contributed by atoms with Crippen molar-refractivity contribution in [2.75, 3.05) is 0 Å². The fourth-order valence-corrected chi connectivity index (χ4v) is 3.21. The first-order valence-corrected chi connectivity index (χ1v) is 6.13. The molecule has 1 heterocycles. The second-order valence-corrected chi connectivity index (χ2v) is 5.39. The van der Waals surface area contributed by atoms with Crippen molar-refractivity contribution in [1.29, 1.82) is 0 Å². The molecule has 0 unspecified atom stereocenters. The number of rotatable bonds is 2. The number of carbonyl (C=O) groups excluding carboxylic acids is 1. The van der Waals surface area contributed by atoms with Crippen molar-refractivity contribution in [1.82, 2.24) is 0 Å². The number of hydrogen-bond donors (Lipinski definition) is 0. The Morgan fingerprint density at radius 2 is 2.17 bits per heavy atom. The average molecular weight is 310 g/mol. The first kappa shape index (κ1) is 8.91. The van der Waals surface area contributed by atoms with Gasteiger partial charge in [-0.2, -0.15) is 0 Å². The van der Waals surface area contributed by atoms with E-state index in [9.17, 15) is 4.79 Å². The van der Waals surface area contributed by atoms with Gasteiger partial charge in [0.1, 0.15) is 0 Å². The van der Waals surface area contributed by atoms with Crippen molar-refractivity contribution in [2.45, 2.75) is 12.8 Å². The summed E-state index contributed by atoms with van der Waals surface area (Å²) < 4.78 is 1.90. The van der Waals surface area contributed by atoms with Crippen molar-refractivity contribution < 1.29 is 4.79 Å². The zero-order chi connectivity index (χ0) is 8.72. The van der Waals surface area contributed by atoms with E-state index >= 15 is 0 Å². The molecule has 1 aliphatic carbocycles. The Balaban J connectivity index is 2.32. The lowest BCUT2D eigenvalue weighted by Gasteiger charge is -1.93. The van der Waals surface area contributed by atoms with E-state index in [1.807, 2.05) is 5.38 Å². The topological polar surface area (TPSA) is 17.1 Å². The van der Waals surface area contributed by atoms with Crippen molar-refractivity contribution in [3.63, 3.8) is 0 Å². The lowest BCUT2D eigenvalue weighted by Crippen LogP contribution is -1.98. The number of hydrogen-bond acceptors (Lipinski definition) is 2. The third kappa shape index (κ3) is 1.52. The summed E-state index contributed by atoms with van der Waals surface area (Å²) in [7, 11) is 0. The summed E-state index contributed by atoms with van der Waals surface area (Å²) in [5, 5.41) is 1.94. The van der Waals surface area contributed by atoms with E-state index in [1.165, 1.54) is 11.3 Å². The molecular weight excluding hydrogens is 304 g/mol. The predicted molar refractivity (Wildman–Crippen MR) is 56.8 cm³/mol. The Bertz CT molecular complexity index is 328. The normalized spacial score (nSPS) is 16.5. The third-order valence-corrected chi connectivity index (χ3v) is 5.40. The molecule has 0 saturated heterocycles. The van der Waals surface area contributed by atoms with Crippen LogP contribution in [0.4, 0.5) is 0 Å². The molecule has 0 bridgehead atoms. The van der Waals surface area contributed by atoms with Crippen molar-refractivity contribution in [2.24, 2.45) is 5.92 Å². The molecule has 0 atom stereocenters. The second kappa shape index (κ2) is 3.24. The molecule has 1 nitrogen and oxygen atoms in total. The van der Waals surface area contributed by atoms with Gasteiger partial charge < -0.3 is 0 Å². The molecule has 0 N–H and O–H groups in total. The highest BCUT2D eigenvalue weighted by Gasteiger charge is 2.32. The quantitative estimate of drug-likeness (QED) is 0.758. The maximum atomic E-state index is 11.6. The lowest BCUT2D eigenvalue weighted by atomic mass is 10.2. The maximum absolute atomic E-state index is 11.6. The minimum absolute atomic E-state index is 0.303. The van der Waals surface area contributed by atoms with Gasteiger partial charge in [-0.05, 0) is 44.7 Å². The summed E-state index contributed by atoms with van der Waals surface area (Å²) in [5.41, 5.74) is 0. The molecule has 0 radical (unpaired) electrons. The van der Waals surface area contributed by atoms with E-state index in [-0.39, 0.29) is 0 Å². The highest BCUT2D eigenvalue weighted by atomic mass is 79.9. The Labute approximate surface area is 91.4 Å². The summed E-state index contributed by atoms with van der Waals surface area (Å²) in [4.78, 5) is 12.5. The van der Waals surface area contributed by atoms with Crippen molar-refractivity contribution >= 4 is 49.0 Å². The molecule has 1 saturated carbocycles. The van der Waals surface area contributed by atoms with Crippen LogP contribution in [0.5, 0.6) is 0 Å². The Hall–Kier alpha value is 0.330. The number of ketones is 1. The van der Waals surface area contributed by atoms with Gasteiger partial charge in [-0.3, -0.25) is 4.79 Å². The second-order valence-electron chi connectivity index (χ2n) is 2.87. The summed E-state index contributed by atoms with van der Waals surface area (Å²) in [6.45, 7) is 0. The molecule has 0 amide bonds. The van der Waals surface area contributed by atoms with E-state index < -0.39 is 0 Å². The predicted octanol–water partition coefficient (Wildman–Crippen LogP) is 3.87. The van der Waals surface area contributed by atoms with Crippen LogP contribution in [0.3, 0.4) is 0 Å². The molecule has 64 valence electrons. The van der Waals surface area contributed by atoms with Crippen LogP contribution in [0.25, 0.3) is 0 Å². The summed E-state index contributed by atoms with van der Waals surface area (Å²) in [6.07, 6.45) is 2.14. The summed E-state index contributed by atoms with van der Waals surface area (Å²) in [5.74, 6) is 0.615. The van der Waals surface area contributed by atoms with Gasteiger partial charge in [0.2, 0.25) is 0 Å². The largest absolute Gasteiger partial charge is 0.293 e. The molecule has 1 aliphatic rings. The monoisotopic (exact) mass is 308 g/mol. The summed E-state index contributed by atoms with van der Waals surface area (Å²) in [6, 6.07) is 0. The third-order valence-electron chi connectivity index (χ3n) is 1.86. The van der Waals surface area contributed by atoms with Crippen LogP contribution in [-0.4, -0.2) is 5.78 Å². The van der Waals surface area contributed by atoms with Gasteiger partial charge >= 0.3 is 0 Å². The molecule has 2 rings (SSSR count). The van der Waals surface area contributed by atoms with Gasteiger partial charge in [-0.1, -0.05) is 0 Å². The molecular formula is C8H6Br2OS. The first-order valence-electron chi connectivity index (χ1n) is 3.67. The maximum Gasteiger partial charge on any atom is 0.177 e. The van der Waals surface area contributed by atoms with Crippen LogP contribution in [0.1, 0.15) is 22.5 Å². The van der Waals surface area contributed by atoms with Gasteiger partial charge in [-0.15, -0.1) is 11.3 Å². The van der Waals surface area contributed by atoms with Crippen LogP contribution in [0.2, 0.25) is 0 Å². The van der Waals surface area contributed by atoms with Gasteiger partial charge in [-0.25, -0.2) is 0 Å². The molecule has 0 aromatic carbocycles. The Kier molecular flexibility index (Phi) is 2.40. The molecule has 12 heavy (non-hydrogen) atoms. The van der Waals surface area contributed by atoms with E-state index in [1.54, 1.807) is 0 Å². The Morgan fingerprint density at radius 1 is 1.50 bits per heavy atom. The van der Waals surface area contributed by atoms with E-state index in [4.69, 9.17) is 0 Å². The van der Waals surface area contributed by atoms with Gasteiger partial charge in [0, 0.05) is 15.8 Å². The minimum atomic E-state index is 0.303. The van der Waals surface area contributed by atoms with Crippen LogP contribution in [0.15, 0.2) is 14.3 Å². The smallest absolute Gasteiger partial charge is 0.177 e. The Morgan fingerprint density at radius 3 is 2.58 bits per heavy atom. The average Bonchev–Trinajstić information content (AvgIpc) is 2.82.